The Hall–Kier alpha value is -4.99. The summed E-state index contributed by atoms with van der Waals surface area (Å²) in [5.41, 5.74) is -2.92. The van der Waals surface area contributed by atoms with E-state index >= 15 is 0 Å². The van der Waals surface area contributed by atoms with Crippen LogP contribution in [0.25, 0.3) is 11.1 Å². The molecule has 234 valence electrons. The van der Waals surface area contributed by atoms with Crippen LogP contribution in [0.3, 0.4) is 0 Å². The molecule has 0 atom stereocenters. The van der Waals surface area contributed by atoms with E-state index in [1.807, 2.05) is 0 Å². The molecule has 0 saturated heterocycles. The lowest BCUT2D eigenvalue weighted by molar-refractivity contribution is -0.276. The lowest BCUT2D eigenvalue weighted by atomic mass is 9.99. The van der Waals surface area contributed by atoms with Gasteiger partial charge in [-0.05, 0) is 66.4 Å². The van der Waals surface area contributed by atoms with Crippen molar-refractivity contribution in [1.82, 2.24) is 0 Å². The average molecular weight is 642 g/mol. The highest BCUT2D eigenvalue weighted by Crippen LogP contribution is 2.38. The molecule has 0 fully saturated rings. The van der Waals surface area contributed by atoms with Crippen molar-refractivity contribution in [2.24, 2.45) is 0 Å². The minimum absolute atomic E-state index is 0.249. The molecule has 4 aromatic rings. The van der Waals surface area contributed by atoms with Gasteiger partial charge in [0.15, 0.2) is 11.6 Å². The standard InChI is InChI=1S/C32H17F11O2/c1-2-3-4-17-6-10-22(24(34)11-17)20-14-25(35)29(26(36)15-20)31(39,40)44-21-9-8-19(23(33)16-21)7-5-18-12-27(37)30(28(38)13-18)45-32(41,42)43/h2,6,8-16H,1,3-4H2. The molecule has 13 heteroatoms. The Labute approximate surface area is 248 Å². The molecule has 0 amide bonds. The zero-order chi connectivity index (χ0) is 33.1. The van der Waals surface area contributed by atoms with Gasteiger partial charge in [0.2, 0.25) is 5.75 Å². The highest BCUT2D eigenvalue weighted by atomic mass is 19.4. The number of rotatable bonds is 8. The molecule has 0 saturated carbocycles. The fourth-order valence-electron chi connectivity index (χ4n) is 4.07. The van der Waals surface area contributed by atoms with Gasteiger partial charge >= 0.3 is 12.5 Å². The van der Waals surface area contributed by atoms with Gasteiger partial charge in [0.1, 0.15) is 34.6 Å². The first kappa shape index (κ1) is 32.9. The fourth-order valence-corrected chi connectivity index (χ4v) is 4.07. The summed E-state index contributed by atoms with van der Waals surface area (Å²) in [4.78, 5) is 0. The van der Waals surface area contributed by atoms with E-state index in [1.54, 1.807) is 6.08 Å². The molecule has 2 nitrogen and oxygen atoms in total. The molecule has 0 radical (unpaired) electrons. The van der Waals surface area contributed by atoms with Crippen molar-refractivity contribution < 1.29 is 57.8 Å². The Kier molecular flexibility index (Phi) is 9.46. The summed E-state index contributed by atoms with van der Waals surface area (Å²) in [6, 6.07) is 7.56. The molecule has 4 aromatic carbocycles. The number of alkyl halides is 5. The van der Waals surface area contributed by atoms with Crippen molar-refractivity contribution >= 4 is 0 Å². The van der Waals surface area contributed by atoms with Crippen molar-refractivity contribution in [3.63, 3.8) is 0 Å². The van der Waals surface area contributed by atoms with Gasteiger partial charge in [-0.25, -0.2) is 26.3 Å². The van der Waals surface area contributed by atoms with Gasteiger partial charge in [-0.1, -0.05) is 30.0 Å². The quantitative estimate of drug-likeness (QED) is 0.108. The second-order valence-corrected chi connectivity index (χ2v) is 9.28. The van der Waals surface area contributed by atoms with E-state index in [4.69, 9.17) is 0 Å². The van der Waals surface area contributed by atoms with Crippen LogP contribution in [0, 0.1) is 46.7 Å². The van der Waals surface area contributed by atoms with Gasteiger partial charge in [-0.3, -0.25) is 0 Å². The molecular weight excluding hydrogens is 625 g/mol. The van der Waals surface area contributed by atoms with Crippen LogP contribution in [0.1, 0.15) is 28.7 Å². The van der Waals surface area contributed by atoms with Gasteiger partial charge in [-0.2, -0.15) is 8.78 Å². The van der Waals surface area contributed by atoms with Crippen LogP contribution in [0.5, 0.6) is 11.5 Å². The Balaban J connectivity index is 1.54. The van der Waals surface area contributed by atoms with Crippen molar-refractivity contribution in [2.75, 3.05) is 0 Å². The Bertz CT molecular complexity index is 1770. The molecule has 0 bridgehead atoms. The van der Waals surface area contributed by atoms with Gasteiger partial charge in [-0.15, -0.1) is 19.8 Å². The number of allylic oxidation sites excluding steroid dienone is 1. The third-order valence-corrected chi connectivity index (χ3v) is 6.06. The second kappa shape index (κ2) is 12.9. The number of hydrogen-bond donors (Lipinski definition) is 0. The van der Waals surface area contributed by atoms with Crippen LogP contribution in [0.2, 0.25) is 0 Å². The molecule has 4 rings (SSSR count). The van der Waals surface area contributed by atoms with Crippen molar-refractivity contribution in [2.45, 2.75) is 25.3 Å². The lowest BCUT2D eigenvalue weighted by Crippen LogP contribution is -2.25. The maximum absolute atomic E-state index is 14.9. The first-order valence-corrected chi connectivity index (χ1v) is 12.6. The van der Waals surface area contributed by atoms with E-state index in [2.05, 4.69) is 27.9 Å². The molecule has 45 heavy (non-hydrogen) atoms. The molecule has 0 aliphatic carbocycles. The second-order valence-electron chi connectivity index (χ2n) is 9.28. The predicted octanol–water partition coefficient (Wildman–Crippen LogP) is 9.73. The van der Waals surface area contributed by atoms with E-state index in [-0.39, 0.29) is 11.1 Å². The van der Waals surface area contributed by atoms with Crippen LogP contribution >= 0.6 is 0 Å². The number of hydrogen-bond acceptors (Lipinski definition) is 2. The number of aryl methyl sites for hydroxylation is 1. The molecular formula is C32H17F11O2. The van der Waals surface area contributed by atoms with E-state index in [0.29, 0.717) is 48.7 Å². The van der Waals surface area contributed by atoms with Crippen LogP contribution in [-0.2, 0) is 12.5 Å². The molecule has 0 spiro atoms. The Morgan fingerprint density at radius 1 is 0.667 bits per heavy atom. The average Bonchev–Trinajstić information content (AvgIpc) is 2.92. The van der Waals surface area contributed by atoms with Gasteiger partial charge in [0, 0.05) is 17.2 Å². The van der Waals surface area contributed by atoms with Crippen LogP contribution in [0.15, 0.2) is 73.3 Å². The summed E-state index contributed by atoms with van der Waals surface area (Å²) < 4.78 is 161. The minimum atomic E-state index is -5.38. The third kappa shape index (κ3) is 7.94. The monoisotopic (exact) mass is 642 g/mol. The van der Waals surface area contributed by atoms with Crippen LogP contribution in [0.4, 0.5) is 48.3 Å². The van der Waals surface area contributed by atoms with Crippen LogP contribution < -0.4 is 9.47 Å². The highest BCUT2D eigenvalue weighted by molar-refractivity contribution is 5.65. The van der Waals surface area contributed by atoms with Crippen molar-refractivity contribution in [3.05, 3.63) is 130 Å². The predicted molar refractivity (Wildman–Crippen MR) is 140 cm³/mol. The molecule has 0 aliphatic heterocycles. The number of benzene rings is 4. The van der Waals surface area contributed by atoms with Crippen LogP contribution in [-0.4, -0.2) is 6.36 Å². The first-order valence-electron chi connectivity index (χ1n) is 12.6. The molecule has 0 unspecified atom stereocenters. The zero-order valence-corrected chi connectivity index (χ0v) is 22.4. The van der Waals surface area contributed by atoms with E-state index < -0.39 is 75.6 Å². The van der Waals surface area contributed by atoms with Gasteiger partial charge in [0.05, 0.1) is 5.56 Å². The summed E-state index contributed by atoms with van der Waals surface area (Å²) in [7, 11) is 0. The van der Waals surface area contributed by atoms with Gasteiger partial charge in [0.25, 0.3) is 0 Å². The summed E-state index contributed by atoms with van der Waals surface area (Å²) in [6.07, 6.45) is -7.44. The highest BCUT2D eigenvalue weighted by Gasteiger charge is 2.41. The first-order chi connectivity index (χ1) is 21.1. The Morgan fingerprint density at radius 3 is 1.87 bits per heavy atom. The molecule has 0 N–H and O–H groups in total. The van der Waals surface area contributed by atoms with E-state index in [1.165, 1.54) is 12.1 Å². The molecule has 0 heterocycles. The largest absolute Gasteiger partial charge is 0.573 e. The molecule has 0 aromatic heterocycles. The minimum Gasteiger partial charge on any atom is -0.429 e. The van der Waals surface area contributed by atoms with E-state index in [0.717, 1.165) is 18.2 Å². The maximum atomic E-state index is 14.9. The summed E-state index contributed by atoms with van der Waals surface area (Å²) in [5, 5.41) is 0. The summed E-state index contributed by atoms with van der Waals surface area (Å²) in [5.74, 6) is -7.64. The molecule has 0 aliphatic rings. The summed E-state index contributed by atoms with van der Waals surface area (Å²) >= 11 is 0. The lowest BCUT2D eigenvalue weighted by Gasteiger charge is -2.20. The third-order valence-electron chi connectivity index (χ3n) is 6.06. The van der Waals surface area contributed by atoms with E-state index in [9.17, 15) is 48.3 Å². The smallest absolute Gasteiger partial charge is 0.429 e. The Morgan fingerprint density at radius 2 is 1.31 bits per heavy atom. The van der Waals surface area contributed by atoms with Gasteiger partial charge < -0.3 is 9.47 Å². The van der Waals surface area contributed by atoms with Crippen molar-refractivity contribution in [3.8, 4) is 34.5 Å². The summed E-state index contributed by atoms with van der Waals surface area (Å²) in [6.45, 7) is 3.56. The number of halogens is 11. The maximum Gasteiger partial charge on any atom is 0.573 e. The zero-order valence-electron chi connectivity index (χ0n) is 22.4. The fraction of sp³-hybridized carbons (Fsp3) is 0.125. The van der Waals surface area contributed by atoms with Crippen molar-refractivity contribution in [1.29, 1.82) is 0 Å². The number of ether oxygens (including phenoxy) is 2. The SMILES string of the molecule is C=CCCc1ccc(-c2cc(F)c(C(F)(F)Oc3ccc(C#Cc4cc(F)c(OC(F)(F)F)c(F)c4)c(F)c3)c(F)c2)c(F)c1. The topological polar surface area (TPSA) is 18.5 Å². The normalized spacial score (nSPS) is 11.5.